The van der Waals surface area contributed by atoms with Crippen LogP contribution in [0.5, 0.6) is 5.75 Å². The van der Waals surface area contributed by atoms with Crippen molar-refractivity contribution in [2.75, 3.05) is 26.7 Å². The number of ether oxygens (including phenoxy) is 1. The van der Waals surface area contributed by atoms with Crippen LogP contribution in [0.4, 0.5) is 0 Å². The fourth-order valence-corrected chi connectivity index (χ4v) is 7.42. The number of fused-ring (bicyclic) bond motifs is 1. The quantitative estimate of drug-likeness (QED) is 0.631. The van der Waals surface area contributed by atoms with E-state index in [0.29, 0.717) is 12.3 Å². The second-order valence-electron chi connectivity index (χ2n) is 10.6. The third kappa shape index (κ3) is 5.59. The number of aliphatic hydroxyl groups excluding tert-OH is 1. The number of carbonyl (C=O) groups is 1. The van der Waals surface area contributed by atoms with Gasteiger partial charge in [0.15, 0.2) is 0 Å². The third-order valence-corrected chi connectivity index (χ3v) is 9.88. The van der Waals surface area contributed by atoms with Crippen LogP contribution >= 0.6 is 0 Å². The van der Waals surface area contributed by atoms with Crippen LogP contribution in [0.15, 0.2) is 29.2 Å². The van der Waals surface area contributed by atoms with Gasteiger partial charge in [-0.05, 0) is 62.3 Å². The Kier molecular flexibility index (Phi) is 8.23. The van der Waals surface area contributed by atoms with E-state index in [-0.39, 0.29) is 41.9 Å². The normalized spacial score (nSPS) is 26.1. The van der Waals surface area contributed by atoms with Gasteiger partial charge in [0.1, 0.15) is 16.7 Å². The lowest BCUT2D eigenvalue weighted by atomic mass is 9.88. The lowest BCUT2D eigenvalue weighted by Gasteiger charge is -2.38. The summed E-state index contributed by atoms with van der Waals surface area (Å²) in [6.07, 6.45) is 10.2. The van der Waals surface area contributed by atoms with Gasteiger partial charge in [-0.3, -0.25) is 4.79 Å². The number of hydrogen-bond donors (Lipinski definition) is 1. The van der Waals surface area contributed by atoms with Gasteiger partial charge in [-0.25, -0.2) is 8.42 Å². The molecular formula is C27H40N2O5S. The molecule has 1 heterocycles. The Hall–Kier alpha value is -1.90. The fourth-order valence-electron chi connectivity index (χ4n) is 5.60. The first-order valence-electron chi connectivity index (χ1n) is 13.1. The van der Waals surface area contributed by atoms with E-state index in [4.69, 9.17) is 4.74 Å². The van der Waals surface area contributed by atoms with Crippen molar-refractivity contribution in [2.45, 2.75) is 82.3 Å². The highest BCUT2D eigenvalue weighted by atomic mass is 32.2. The molecule has 0 spiro atoms. The van der Waals surface area contributed by atoms with Gasteiger partial charge < -0.3 is 14.7 Å². The van der Waals surface area contributed by atoms with E-state index in [2.05, 4.69) is 6.08 Å². The zero-order valence-corrected chi connectivity index (χ0v) is 22.1. The van der Waals surface area contributed by atoms with Crippen molar-refractivity contribution in [3.05, 3.63) is 29.8 Å². The van der Waals surface area contributed by atoms with Crippen LogP contribution in [-0.2, 0) is 14.8 Å². The number of amides is 1. The molecule has 1 aromatic carbocycles. The first-order chi connectivity index (χ1) is 16.7. The van der Waals surface area contributed by atoms with Crippen molar-refractivity contribution in [2.24, 2.45) is 11.8 Å². The summed E-state index contributed by atoms with van der Waals surface area (Å²) in [6, 6.07) is 4.78. The van der Waals surface area contributed by atoms with Gasteiger partial charge in [0, 0.05) is 31.5 Å². The van der Waals surface area contributed by atoms with Gasteiger partial charge >= 0.3 is 0 Å². The van der Waals surface area contributed by atoms with Crippen LogP contribution in [0.3, 0.4) is 0 Å². The molecule has 3 atom stereocenters. The number of sulfonamides is 1. The molecule has 8 heteroatoms. The zero-order chi connectivity index (χ0) is 25.2. The van der Waals surface area contributed by atoms with Crippen LogP contribution < -0.4 is 4.74 Å². The van der Waals surface area contributed by atoms with Gasteiger partial charge in [0.25, 0.3) is 0 Å². The maximum absolute atomic E-state index is 13.7. The number of allylic oxidation sites excluding steroid dienone is 2. The molecule has 1 aliphatic heterocycles. The molecule has 1 fully saturated rings. The van der Waals surface area contributed by atoms with E-state index in [1.54, 1.807) is 17.9 Å². The van der Waals surface area contributed by atoms with E-state index in [9.17, 15) is 18.3 Å². The van der Waals surface area contributed by atoms with Crippen molar-refractivity contribution in [1.29, 1.82) is 0 Å². The van der Waals surface area contributed by atoms with Gasteiger partial charge in [0.2, 0.25) is 15.9 Å². The highest BCUT2D eigenvalue weighted by molar-refractivity contribution is 7.89. The molecule has 3 aliphatic rings. The zero-order valence-electron chi connectivity index (χ0n) is 21.3. The molecule has 1 N–H and O–H groups in total. The van der Waals surface area contributed by atoms with E-state index in [1.165, 1.54) is 16.3 Å². The summed E-state index contributed by atoms with van der Waals surface area (Å²) in [5.41, 5.74) is 2.20. The summed E-state index contributed by atoms with van der Waals surface area (Å²) in [4.78, 5) is 15.0. The van der Waals surface area contributed by atoms with E-state index < -0.39 is 16.1 Å². The standard InChI is InChI=1S/C27H40N2O5S/c1-19-16-29(20(2)18-30)35(32,33)26-14-13-23(21-9-7-8-10-21)15-24(26)34-25(19)17-28(3)27(31)22-11-5-4-6-12-22/h9,13-15,19-20,22,25,30H,4-8,10-12,16-18H2,1-3H3/t19-,20+,25-/m0/s1. The summed E-state index contributed by atoms with van der Waals surface area (Å²) < 4.78 is 35.2. The molecule has 1 saturated carbocycles. The van der Waals surface area contributed by atoms with Crippen LogP contribution in [0.25, 0.3) is 5.57 Å². The Morgan fingerprint density at radius 3 is 2.63 bits per heavy atom. The smallest absolute Gasteiger partial charge is 0.247 e. The maximum atomic E-state index is 13.7. The van der Waals surface area contributed by atoms with Crippen LogP contribution in [0.2, 0.25) is 0 Å². The van der Waals surface area contributed by atoms with Crippen molar-refractivity contribution >= 4 is 21.5 Å². The van der Waals surface area contributed by atoms with Crippen LogP contribution in [-0.4, -0.2) is 67.5 Å². The molecule has 0 radical (unpaired) electrons. The molecule has 4 rings (SSSR count). The number of aliphatic hydroxyl groups is 1. The largest absolute Gasteiger partial charge is 0.487 e. The molecule has 1 aromatic rings. The number of carbonyl (C=O) groups excluding carboxylic acids is 1. The molecular weight excluding hydrogens is 464 g/mol. The average Bonchev–Trinajstić information content (AvgIpc) is 3.40. The molecule has 35 heavy (non-hydrogen) atoms. The van der Waals surface area contributed by atoms with E-state index in [1.807, 2.05) is 26.1 Å². The van der Waals surface area contributed by atoms with E-state index >= 15 is 0 Å². The summed E-state index contributed by atoms with van der Waals surface area (Å²) in [5, 5.41) is 9.83. The lowest BCUT2D eigenvalue weighted by Crippen LogP contribution is -2.50. The van der Waals surface area contributed by atoms with Crippen molar-refractivity contribution in [1.82, 2.24) is 9.21 Å². The molecule has 194 valence electrons. The van der Waals surface area contributed by atoms with Crippen molar-refractivity contribution in [3.63, 3.8) is 0 Å². The molecule has 0 bridgehead atoms. The van der Waals surface area contributed by atoms with Crippen LogP contribution in [0, 0.1) is 11.8 Å². The summed E-state index contributed by atoms with van der Waals surface area (Å²) in [6.45, 7) is 4.02. The van der Waals surface area contributed by atoms with Crippen molar-refractivity contribution in [3.8, 4) is 5.75 Å². The Morgan fingerprint density at radius 1 is 1.23 bits per heavy atom. The molecule has 7 nitrogen and oxygen atoms in total. The molecule has 0 aromatic heterocycles. The van der Waals surface area contributed by atoms with Gasteiger partial charge in [0.05, 0.1) is 13.2 Å². The highest BCUT2D eigenvalue weighted by Crippen LogP contribution is 2.37. The molecule has 2 aliphatic carbocycles. The van der Waals surface area contributed by atoms with Gasteiger partial charge in [-0.15, -0.1) is 0 Å². The number of rotatable bonds is 6. The van der Waals surface area contributed by atoms with E-state index in [0.717, 1.165) is 50.5 Å². The predicted octanol–water partition coefficient (Wildman–Crippen LogP) is 4.06. The third-order valence-electron chi connectivity index (χ3n) is 7.86. The molecule has 0 unspecified atom stereocenters. The summed E-state index contributed by atoms with van der Waals surface area (Å²) in [5.74, 6) is 0.376. The van der Waals surface area contributed by atoms with Gasteiger partial charge in [-0.1, -0.05) is 38.3 Å². The minimum Gasteiger partial charge on any atom is -0.487 e. The molecule has 0 saturated heterocycles. The minimum atomic E-state index is -3.86. The number of benzene rings is 1. The summed E-state index contributed by atoms with van der Waals surface area (Å²) >= 11 is 0. The van der Waals surface area contributed by atoms with Crippen molar-refractivity contribution < 1.29 is 23.1 Å². The Bertz CT molecular complexity index is 1050. The first-order valence-corrected chi connectivity index (χ1v) is 14.5. The Morgan fingerprint density at radius 2 is 1.97 bits per heavy atom. The first kappa shape index (κ1) is 26.2. The Balaban J connectivity index is 1.67. The topological polar surface area (TPSA) is 87.2 Å². The molecule has 1 amide bonds. The average molecular weight is 505 g/mol. The predicted molar refractivity (Wildman–Crippen MR) is 137 cm³/mol. The fraction of sp³-hybridized carbons (Fsp3) is 0.667. The minimum absolute atomic E-state index is 0.0668. The van der Waals surface area contributed by atoms with Gasteiger partial charge in [-0.2, -0.15) is 4.31 Å². The second-order valence-corrected chi connectivity index (χ2v) is 12.4. The number of hydrogen-bond acceptors (Lipinski definition) is 5. The second kappa shape index (κ2) is 11.0. The summed E-state index contributed by atoms with van der Waals surface area (Å²) in [7, 11) is -2.03. The number of likely N-dealkylation sites (N-methyl/N-ethyl adjacent to an activating group) is 1. The maximum Gasteiger partial charge on any atom is 0.247 e. The number of nitrogens with zero attached hydrogens (tertiary/aromatic N) is 2. The van der Waals surface area contributed by atoms with Crippen LogP contribution in [0.1, 0.15) is 70.8 Å². The monoisotopic (exact) mass is 504 g/mol. The Labute approximate surface area is 210 Å². The lowest BCUT2D eigenvalue weighted by molar-refractivity contribution is -0.136. The SMILES string of the molecule is C[C@H](CO)N1C[C@H](C)[C@H](CN(C)C(=O)C2CCCCC2)Oc2cc(C3=CCCC3)ccc2S1(=O)=O. The highest BCUT2D eigenvalue weighted by Gasteiger charge is 2.39.